The van der Waals surface area contributed by atoms with Crippen LogP contribution in [0.4, 0.5) is 32.0 Å². The van der Waals surface area contributed by atoms with Gasteiger partial charge in [-0.25, -0.2) is 4.57 Å². The highest BCUT2D eigenvalue weighted by molar-refractivity contribution is 5.47. The summed E-state index contributed by atoms with van der Waals surface area (Å²) < 4.78 is 80.3. The SMILES string of the molecule is O=[N+]([O-])c1ccc(C[n+]2ccc(C(O)(c3ccc(C(F)(F)F)cc3)c3ccc(C(F)(F)F)cc3)cc2)cc1. The Morgan fingerprint density at radius 1 is 0.632 bits per heavy atom. The topological polar surface area (TPSA) is 67.2 Å². The number of nitro groups is 1. The van der Waals surface area contributed by atoms with Crippen LogP contribution in [0.1, 0.15) is 33.4 Å². The molecule has 4 aromatic rings. The molecule has 0 saturated carbocycles. The van der Waals surface area contributed by atoms with Crippen molar-refractivity contribution < 1.29 is 40.9 Å². The van der Waals surface area contributed by atoms with Gasteiger partial charge >= 0.3 is 12.4 Å². The maximum atomic E-state index is 13.1. The Morgan fingerprint density at radius 2 is 1.00 bits per heavy atom. The van der Waals surface area contributed by atoms with E-state index in [0.717, 1.165) is 54.1 Å². The molecule has 5 nitrogen and oxygen atoms in total. The van der Waals surface area contributed by atoms with Crippen LogP contribution in [0.3, 0.4) is 0 Å². The number of non-ortho nitro benzene ring substituents is 1. The summed E-state index contributed by atoms with van der Waals surface area (Å²) in [6.07, 6.45) is -6.06. The Bertz CT molecular complexity index is 1360. The minimum absolute atomic E-state index is 0.0263. The normalized spacial score (nSPS) is 12.4. The molecule has 3 aromatic carbocycles. The fraction of sp³-hybridized carbons (Fsp3) is 0.148. The summed E-state index contributed by atoms with van der Waals surface area (Å²) in [5.41, 5.74) is -3.01. The fourth-order valence-corrected chi connectivity index (χ4v) is 4.04. The summed E-state index contributed by atoms with van der Waals surface area (Å²) in [5.74, 6) is 0. The van der Waals surface area contributed by atoms with Gasteiger partial charge in [0.2, 0.25) is 0 Å². The third-order valence-corrected chi connectivity index (χ3v) is 6.08. The highest BCUT2D eigenvalue weighted by atomic mass is 19.4. The van der Waals surface area contributed by atoms with Crippen molar-refractivity contribution in [3.63, 3.8) is 0 Å². The largest absolute Gasteiger partial charge is 0.416 e. The van der Waals surface area contributed by atoms with Crippen LogP contribution in [0.2, 0.25) is 0 Å². The van der Waals surface area contributed by atoms with Gasteiger partial charge in [-0.15, -0.1) is 0 Å². The average molecular weight is 533 g/mol. The van der Waals surface area contributed by atoms with Crippen molar-refractivity contribution >= 4 is 5.69 Å². The van der Waals surface area contributed by atoms with Crippen LogP contribution in [0.5, 0.6) is 0 Å². The molecule has 38 heavy (non-hydrogen) atoms. The van der Waals surface area contributed by atoms with Gasteiger partial charge in [0.1, 0.15) is 5.60 Å². The van der Waals surface area contributed by atoms with E-state index in [2.05, 4.69) is 0 Å². The van der Waals surface area contributed by atoms with Gasteiger partial charge in [0.15, 0.2) is 18.9 Å². The number of hydrogen-bond acceptors (Lipinski definition) is 3. The second-order valence-electron chi connectivity index (χ2n) is 8.54. The van der Waals surface area contributed by atoms with Crippen LogP contribution in [-0.4, -0.2) is 10.0 Å². The van der Waals surface area contributed by atoms with Crippen LogP contribution in [0, 0.1) is 10.1 Å². The number of benzene rings is 3. The van der Waals surface area contributed by atoms with Gasteiger partial charge in [-0.2, -0.15) is 26.3 Å². The number of halogens is 6. The highest BCUT2D eigenvalue weighted by Gasteiger charge is 2.38. The van der Waals surface area contributed by atoms with E-state index in [4.69, 9.17) is 0 Å². The van der Waals surface area contributed by atoms with E-state index < -0.39 is 34.0 Å². The number of aromatic nitrogens is 1. The summed E-state index contributed by atoms with van der Waals surface area (Å²) >= 11 is 0. The Morgan fingerprint density at radius 3 is 1.37 bits per heavy atom. The van der Waals surface area contributed by atoms with Crippen molar-refractivity contribution in [1.82, 2.24) is 0 Å². The van der Waals surface area contributed by atoms with E-state index in [1.54, 1.807) is 29.1 Å². The molecule has 0 bridgehead atoms. The number of rotatable bonds is 6. The maximum absolute atomic E-state index is 13.1. The molecule has 1 aromatic heterocycles. The molecule has 0 fully saturated rings. The first-order chi connectivity index (χ1) is 17.8. The smallest absolute Gasteiger partial charge is 0.376 e. The lowest BCUT2D eigenvalue weighted by atomic mass is 9.80. The predicted octanol–water partition coefficient (Wildman–Crippen LogP) is 6.25. The Hall–Kier alpha value is -4.25. The van der Waals surface area contributed by atoms with Crippen molar-refractivity contribution in [2.75, 3.05) is 0 Å². The first-order valence-corrected chi connectivity index (χ1v) is 11.1. The number of aliphatic hydroxyl groups is 1. The molecular formula is C27H19F6N2O3+. The molecule has 1 heterocycles. The standard InChI is InChI=1S/C27H19F6N2O3/c28-26(29,30)22-7-3-19(4-8-22)25(36,20-5-9-23(10-6-20)27(31,32)33)21-13-15-34(16-14-21)17-18-1-11-24(12-2-18)35(37)38/h1-16,36H,17H2/q+1. The summed E-state index contributed by atoms with van der Waals surface area (Å²) in [6.45, 7) is 0.317. The molecule has 0 saturated heterocycles. The van der Waals surface area contributed by atoms with Gasteiger partial charge in [0, 0.05) is 35.4 Å². The lowest BCUT2D eigenvalue weighted by Gasteiger charge is -2.30. The third-order valence-electron chi connectivity index (χ3n) is 6.08. The first-order valence-electron chi connectivity index (χ1n) is 11.1. The average Bonchev–Trinajstić information content (AvgIpc) is 2.88. The van der Waals surface area contributed by atoms with Crippen LogP contribution in [0.15, 0.2) is 97.3 Å². The fourth-order valence-electron chi connectivity index (χ4n) is 4.04. The Balaban J connectivity index is 1.72. The highest BCUT2D eigenvalue weighted by Crippen LogP contribution is 2.39. The van der Waals surface area contributed by atoms with Gasteiger partial charge in [-0.1, -0.05) is 24.3 Å². The molecule has 4 rings (SSSR count). The third kappa shape index (κ3) is 5.52. The molecule has 0 aliphatic heterocycles. The number of hydrogen-bond donors (Lipinski definition) is 1. The van der Waals surface area contributed by atoms with E-state index >= 15 is 0 Å². The van der Waals surface area contributed by atoms with Crippen molar-refractivity contribution in [2.45, 2.75) is 24.5 Å². The zero-order chi connectivity index (χ0) is 27.7. The summed E-state index contributed by atoms with van der Waals surface area (Å²) in [5, 5.41) is 22.7. The zero-order valence-electron chi connectivity index (χ0n) is 19.4. The maximum Gasteiger partial charge on any atom is 0.416 e. The molecule has 0 aliphatic carbocycles. The molecule has 0 spiro atoms. The van der Waals surface area contributed by atoms with Crippen molar-refractivity contribution in [1.29, 1.82) is 0 Å². The van der Waals surface area contributed by atoms with Gasteiger partial charge in [0.25, 0.3) is 5.69 Å². The quantitative estimate of drug-likeness (QED) is 0.138. The molecule has 196 valence electrons. The minimum Gasteiger partial charge on any atom is -0.376 e. The van der Waals surface area contributed by atoms with E-state index in [9.17, 15) is 41.6 Å². The number of alkyl halides is 6. The van der Waals surface area contributed by atoms with Crippen LogP contribution >= 0.6 is 0 Å². The number of nitrogens with zero attached hydrogens (tertiary/aromatic N) is 2. The van der Waals surface area contributed by atoms with Crippen LogP contribution in [0.25, 0.3) is 0 Å². The van der Waals surface area contributed by atoms with E-state index in [1.165, 1.54) is 24.3 Å². The lowest BCUT2D eigenvalue weighted by Crippen LogP contribution is -2.35. The zero-order valence-corrected chi connectivity index (χ0v) is 19.4. The van der Waals surface area contributed by atoms with Crippen LogP contribution in [-0.2, 0) is 24.5 Å². The van der Waals surface area contributed by atoms with Gasteiger partial charge in [0.05, 0.1) is 16.1 Å². The van der Waals surface area contributed by atoms with E-state index in [-0.39, 0.29) is 22.4 Å². The molecule has 11 heteroatoms. The van der Waals surface area contributed by atoms with Crippen LogP contribution < -0.4 is 4.57 Å². The molecule has 0 amide bonds. The Kier molecular flexibility index (Phi) is 6.98. The molecule has 0 unspecified atom stereocenters. The molecular weight excluding hydrogens is 514 g/mol. The summed E-state index contributed by atoms with van der Waals surface area (Å²) in [6, 6.07) is 16.4. The molecule has 0 radical (unpaired) electrons. The van der Waals surface area contributed by atoms with E-state index in [1.807, 2.05) is 0 Å². The monoisotopic (exact) mass is 533 g/mol. The summed E-state index contributed by atoms with van der Waals surface area (Å²) in [4.78, 5) is 10.3. The second kappa shape index (κ2) is 9.90. The number of pyridine rings is 1. The lowest BCUT2D eigenvalue weighted by molar-refractivity contribution is -0.688. The Labute approximate surface area is 212 Å². The second-order valence-corrected chi connectivity index (χ2v) is 8.54. The first kappa shape index (κ1) is 26.8. The van der Waals surface area contributed by atoms with Gasteiger partial charge in [-0.05, 0) is 47.5 Å². The summed E-state index contributed by atoms with van der Waals surface area (Å²) in [7, 11) is 0. The van der Waals surface area contributed by atoms with Gasteiger partial charge < -0.3 is 5.11 Å². The number of nitro benzene ring substituents is 1. The minimum atomic E-state index is -4.61. The molecule has 0 aliphatic rings. The van der Waals surface area contributed by atoms with Crippen molar-refractivity contribution in [3.8, 4) is 0 Å². The van der Waals surface area contributed by atoms with Crippen molar-refractivity contribution in [2.24, 2.45) is 0 Å². The predicted molar refractivity (Wildman–Crippen MR) is 124 cm³/mol. The van der Waals surface area contributed by atoms with E-state index in [0.29, 0.717) is 6.54 Å². The molecule has 1 N–H and O–H groups in total. The van der Waals surface area contributed by atoms with Gasteiger partial charge in [-0.3, -0.25) is 10.1 Å². The van der Waals surface area contributed by atoms with Crippen molar-refractivity contribution in [3.05, 3.63) is 141 Å². The molecule has 0 atom stereocenters.